The number of nitriles is 1. The van der Waals surface area contributed by atoms with Crippen molar-refractivity contribution < 1.29 is 41.0 Å². The van der Waals surface area contributed by atoms with Crippen LogP contribution in [0.3, 0.4) is 0 Å². The number of pyridine rings is 1. The molecule has 0 saturated carbocycles. The molecule has 1 N–H and O–H groups in total. The van der Waals surface area contributed by atoms with Gasteiger partial charge in [0.15, 0.2) is 0 Å². The van der Waals surface area contributed by atoms with Crippen molar-refractivity contribution in [3.05, 3.63) is 70.6 Å². The molecule has 0 radical (unpaired) electrons. The minimum absolute atomic E-state index is 0.00735. The number of halogens is 6. The largest absolute Gasteiger partial charge is 0.462 e. The van der Waals surface area contributed by atoms with Gasteiger partial charge in [0.2, 0.25) is 0 Å². The summed E-state index contributed by atoms with van der Waals surface area (Å²) in [5, 5.41) is 18.6. The van der Waals surface area contributed by atoms with Crippen molar-refractivity contribution in [2.24, 2.45) is 0 Å². The van der Waals surface area contributed by atoms with Gasteiger partial charge in [0.25, 0.3) is 0 Å². The molecular formula is C25H21F6N3O3. The Labute approximate surface area is 207 Å². The lowest BCUT2D eigenvalue weighted by molar-refractivity contribution is -0.143. The third-order valence-corrected chi connectivity index (χ3v) is 5.34. The smallest absolute Gasteiger partial charge is 0.416 e. The van der Waals surface area contributed by atoms with Crippen LogP contribution in [0.25, 0.3) is 17.1 Å². The molecule has 2 aromatic heterocycles. The van der Waals surface area contributed by atoms with Crippen LogP contribution >= 0.6 is 0 Å². The monoisotopic (exact) mass is 525 g/mol. The van der Waals surface area contributed by atoms with Gasteiger partial charge in [-0.25, -0.2) is 9.78 Å². The number of esters is 1. The molecule has 6 nitrogen and oxygen atoms in total. The molecule has 0 aliphatic carbocycles. The summed E-state index contributed by atoms with van der Waals surface area (Å²) >= 11 is 0. The maximum atomic E-state index is 13.3. The van der Waals surface area contributed by atoms with E-state index in [1.54, 1.807) is 18.2 Å². The third kappa shape index (κ3) is 7.10. The van der Waals surface area contributed by atoms with Crippen molar-refractivity contribution in [3.8, 4) is 6.07 Å². The molecule has 3 rings (SSSR count). The number of ether oxygens (including phenoxy) is 1. The van der Waals surface area contributed by atoms with Crippen LogP contribution in [0, 0.1) is 11.3 Å². The van der Waals surface area contributed by atoms with Crippen molar-refractivity contribution in [2.45, 2.75) is 38.2 Å². The van der Waals surface area contributed by atoms with E-state index in [1.807, 2.05) is 0 Å². The molecule has 37 heavy (non-hydrogen) atoms. The SMILES string of the molecule is N#C/C(=C\c1cn(Cc2cc(C(F)(F)F)cc(C(F)(F)F)c2)c2ncccc12)C(=O)OCCCCCO. The normalized spacial score (nSPS) is 12.5. The Bertz CT molecular complexity index is 1300. The number of aromatic nitrogens is 2. The second kappa shape index (κ2) is 11.5. The molecule has 0 amide bonds. The first-order valence-corrected chi connectivity index (χ1v) is 11.1. The van der Waals surface area contributed by atoms with Gasteiger partial charge in [0.05, 0.1) is 17.7 Å². The van der Waals surface area contributed by atoms with Crippen LogP contribution in [0.15, 0.2) is 48.3 Å². The van der Waals surface area contributed by atoms with Gasteiger partial charge in [-0.1, -0.05) is 0 Å². The molecular weight excluding hydrogens is 504 g/mol. The summed E-state index contributed by atoms with van der Waals surface area (Å²) in [6.45, 7) is -0.336. The lowest BCUT2D eigenvalue weighted by Crippen LogP contribution is -2.12. The Morgan fingerprint density at radius 1 is 1.08 bits per heavy atom. The minimum Gasteiger partial charge on any atom is -0.462 e. The van der Waals surface area contributed by atoms with Gasteiger partial charge in [-0.3, -0.25) is 0 Å². The predicted octanol–water partition coefficient (Wildman–Crippen LogP) is 5.73. The van der Waals surface area contributed by atoms with Crippen LogP contribution in [-0.2, 0) is 28.4 Å². The van der Waals surface area contributed by atoms with Crippen molar-refractivity contribution in [3.63, 3.8) is 0 Å². The van der Waals surface area contributed by atoms with Gasteiger partial charge < -0.3 is 14.4 Å². The van der Waals surface area contributed by atoms with E-state index in [2.05, 4.69) is 4.98 Å². The number of carbonyl (C=O) groups excluding carboxylic acids is 1. The second-order valence-electron chi connectivity index (χ2n) is 8.09. The Morgan fingerprint density at radius 2 is 1.76 bits per heavy atom. The summed E-state index contributed by atoms with van der Waals surface area (Å²) in [4.78, 5) is 16.5. The quantitative estimate of drug-likeness (QED) is 0.127. The van der Waals surface area contributed by atoms with Crippen molar-refractivity contribution in [1.82, 2.24) is 9.55 Å². The summed E-state index contributed by atoms with van der Waals surface area (Å²) < 4.78 is 86.0. The van der Waals surface area contributed by atoms with Gasteiger partial charge in [0.1, 0.15) is 17.3 Å². The summed E-state index contributed by atoms with van der Waals surface area (Å²) in [7, 11) is 0. The van der Waals surface area contributed by atoms with E-state index in [4.69, 9.17) is 9.84 Å². The van der Waals surface area contributed by atoms with E-state index < -0.39 is 29.4 Å². The Balaban J connectivity index is 1.96. The lowest BCUT2D eigenvalue weighted by atomic mass is 10.0. The molecule has 0 saturated heterocycles. The van der Waals surface area contributed by atoms with E-state index in [9.17, 15) is 36.4 Å². The van der Waals surface area contributed by atoms with Crippen LogP contribution < -0.4 is 0 Å². The number of rotatable bonds is 9. The van der Waals surface area contributed by atoms with Crippen molar-refractivity contribution in [2.75, 3.05) is 13.2 Å². The fraction of sp³-hybridized carbons (Fsp3) is 0.320. The molecule has 0 atom stereocenters. The zero-order chi connectivity index (χ0) is 27.2. The summed E-state index contributed by atoms with van der Waals surface area (Å²) in [6.07, 6.45) is -4.30. The molecule has 3 aromatic rings. The van der Waals surface area contributed by atoms with Crippen molar-refractivity contribution >= 4 is 23.1 Å². The highest BCUT2D eigenvalue weighted by Crippen LogP contribution is 2.36. The summed E-state index contributed by atoms with van der Waals surface area (Å²) in [6, 6.07) is 6.21. The van der Waals surface area contributed by atoms with Crippen LogP contribution in [0.1, 0.15) is 41.5 Å². The molecule has 0 fully saturated rings. The molecule has 0 aliphatic rings. The van der Waals surface area contributed by atoms with E-state index in [-0.39, 0.29) is 42.6 Å². The maximum Gasteiger partial charge on any atom is 0.416 e. The first kappa shape index (κ1) is 27.7. The van der Waals surface area contributed by atoms with E-state index in [1.165, 1.54) is 23.0 Å². The molecule has 1 aromatic carbocycles. The number of alkyl halides is 6. The van der Waals surface area contributed by atoms with Crippen LogP contribution in [0.2, 0.25) is 0 Å². The Hall–Kier alpha value is -3.85. The fourth-order valence-electron chi connectivity index (χ4n) is 3.62. The highest BCUT2D eigenvalue weighted by Gasteiger charge is 2.37. The van der Waals surface area contributed by atoms with Crippen LogP contribution in [0.5, 0.6) is 0 Å². The van der Waals surface area contributed by atoms with Gasteiger partial charge in [-0.05, 0) is 61.2 Å². The number of hydrogen-bond acceptors (Lipinski definition) is 5. The number of carbonyl (C=O) groups is 1. The molecule has 2 heterocycles. The third-order valence-electron chi connectivity index (χ3n) is 5.34. The number of fused-ring (bicyclic) bond motifs is 1. The summed E-state index contributed by atoms with van der Waals surface area (Å²) in [5.74, 6) is -0.885. The minimum atomic E-state index is -4.99. The average molecular weight is 525 g/mol. The number of unbranched alkanes of at least 4 members (excludes halogenated alkanes) is 2. The molecule has 196 valence electrons. The van der Waals surface area contributed by atoms with Crippen LogP contribution in [0.4, 0.5) is 26.3 Å². The number of benzene rings is 1. The Kier molecular flexibility index (Phi) is 8.60. The predicted molar refractivity (Wildman–Crippen MR) is 121 cm³/mol. The van der Waals surface area contributed by atoms with Gasteiger partial charge in [0, 0.05) is 36.5 Å². The topological polar surface area (TPSA) is 88.1 Å². The van der Waals surface area contributed by atoms with E-state index in [0.717, 1.165) is 0 Å². The first-order valence-electron chi connectivity index (χ1n) is 11.1. The number of nitrogens with zero attached hydrogens (tertiary/aromatic N) is 3. The average Bonchev–Trinajstić information content (AvgIpc) is 3.18. The summed E-state index contributed by atoms with van der Waals surface area (Å²) in [5.41, 5.74) is -2.94. The Morgan fingerprint density at radius 3 is 2.35 bits per heavy atom. The van der Waals surface area contributed by atoms with E-state index in [0.29, 0.717) is 42.3 Å². The lowest BCUT2D eigenvalue weighted by Gasteiger charge is -2.14. The molecule has 0 aliphatic heterocycles. The number of aliphatic hydroxyl groups is 1. The second-order valence-corrected chi connectivity index (χ2v) is 8.09. The number of hydrogen-bond donors (Lipinski definition) is 1. The fourth-order valence-corrected chi connectivity index (χ4v) is 3.62. The zero-order valence-corrected chi connectivity index (χ0v) is 19.2. The van der Waals surface area contributed by atoms with Gasteiger partial charge >= 0.3 is 18.3 Å². The van der Waals surface area contributed by atoms with Gasteiger partial charge in [-0.2, -0.15) is 31.6 Å². The number of aliphatic hydroxyl groups excluding tert-OH is 1. The van der Waals surface area contributed by atoms with Gasteiger partial charge in [-0.15, -0.1) is 0 Å². The standard InChI is InChI=1S/C25H21F6N3O3/c26-24(27,28)19-9-16(10-20(12-19)25(29,30)31)14-34-15-18(21-5-4-6-33-22(21)34)11-17(13-32)23(36)37-8-3-1-2-7-35/h4-6,9-12,15,35H,1-3,7-8,14H2/b17-11+. The highest BCUT2D eigenvalue weighted by molar-refractivity contribution is 6.00. The zero-order valence-electron chi connectivity index (χ0n) is 19.2. The maximum absolute atomic E-state index is 13.3. The molecule has 12 heteroatoms. The van der Waals surface area contributed by atoms with Crippen molar-refractivity contribution in [1.29, 1.82) is 5.26 Å². The molecule has 0 spiro atoms. The molecule has 0 unspecified atom stereocenters. The van der Waals surface area contributed by atoms with Crippen LogP contribution in [-0.4, -0.2) is 33.8 Å². The first-order chi connectivity index (χ1) is 17.4. The van der Waals surface area contributed by atoms with E-state index >= 15 is 0 Å². The highest BCUT2D eigenvalue weighted by atomic mass is 19.4. The molecule has 0 bridgehead atoms.